The van der Waals surface area contributed by atoms with Crippen molar-refractivity contribution in [2.75, 3.05) is 11.9 Å². The molecule has 2 aromatic rings. The number of aromatic nitrogens is 2. The lowest BCUT2D eigenvalue weighted by molar-refractivity contribution is 0.101. The van der Waals surface area contributed by atoms with Crippen molar-refractivity contribution in [2.24, 2.45) is 0 Å². The summed E-state index contributed by atoms with van der Waals surface area (Å²) in [6.45, 7) is 3.87. The van der Waals surface area contributed by atoms with E-state index in [9.17, 15) is 4.79 Å². The molecule has 0 amide bonds. The number of hydrogen-bond donors (Lipinski definition) is 1. The molecular weight excluding hydrogens is 254 g/mol. The van der Waals surface area contributed by atoms with Crippen LogP contribution in [0.4, 0.5) is 5.95 Å². The lowest BCUT2D eigenvalue weighted by atomic mass is 10.1. The Hall–Kier alpha value is -2.43. The molecule has 1 aliphatic heterocycles. The van der Waals surface area contributed by atoms with E-state index in [0.717, 1.165) is 11.3 Å². The molecule has 1 aromatic heterocycles. The third-order valence-electron chi connectivity index (χ3n) is 3.36. The highest BCUT2D eigenvalue weighted by Crippen LogP contribution is 2.33. The van der Waals surface area contributed by atoms with Crippen LogP contribution in [0.15, 0.2) is 30.5 Å². The Morgan fingerprint density at radius 1 is 1.40 bits per heavy atom. The molecule has 1 atom stereocenters. The van der Waals surface area contributed by atoms with E-state index < -0.39 is 0 Å². The second-order valence-corrected chi connectivity index (χ2v) is 4.79. The first-order valence-corrected chi connectivity index (χ1v) is 6.48. The topological polar surface area (TPSA) is 64.1 Å². The normalized spacial score (nSPS) is 16.4. The first-order chi connectivity index (χ1) is 9.65. The average Bonchev–Trinajstić information content (AvgIpc) is 2.82. The maximum absolute atomic E-state index is 11.4. The van der Waals surface area contributed by atoms with Crippen molar-refractivity contribution in [3.05, 3.63) is 47.3 Å². The zero-order valence-corrected chi connectivity index (χ0v) is 11.4. The van der Waals surface area contributed by atoms with E-state index >= 15 is 0 Å². The molecule has 5 nitrogen and oxygen atoms in total. The molecule has 2 heterocycles. The Morgan fingerprint density at radius 2 is 2.20 bits per heavy atom. The van der Waals surface area contributed by atoms with Crippen LogP contribution in [0.1, 0.15) is 34.6 Å². The molecule has 0 radical (unpaired) electrons. The number of carbonyl (C=O) groups excluding carboxylic acids is 1. The van der Waals surface area contributed by atoms with Crippen LogP contribution in [0.5, 0.6) is 5.75 Å². The summed E-state index contributed by atoms with van der Waals surface area (Å²) in [5.41, 5.74) is 2.34. The molecule has 1 aromatic carbocycles. The van der Waals surface area contributed by atoms with Crippen molar-refractivity contribution < 1.29 is 9.53 Å². The number of Topliss-reactive ketones (excluding diaryl/α,β-unsaturated/α-hetero) is 1. The highest BCUT2D eigenvalue weighted by Gasteiger charge is 2.24. The Balaban J connectivity index is 1.83. The van der Waals surface area contributed by atoms with Gasteiger partial charge in [-0.15, -0.1) is 0 Å². The molecule has 0 unspecified atom stereocenters. The zero-order valence-electron chi connectivity index (χ0n) is 11.4. The Bertz CT molecular complexity index is 670. The van der Waals surface area contributed by atoms with Crippen LogP contribution in [0.2, 0.25) is 0 Å². The quantitative estimate of drug-likeness (QED) is 0.867. The molecule has 20 heavy (non-hydrogen) atoms. The van der Waals surface area contributed by atoms with E-state index in [0.29, 0.717) is 23.8 Å². The number of aryl methyl sites for hydroxylation is 1. The molecular formula is C15H15N3O2. The summed E-state index contributed by atoms with van der Waals surface area (Å²) in [5, 5.41) is 3.25. The van der Waals surface area contributed by atoms with Crippen LogP contribution in [0.25, 0.3) is 0 Å². The van der Waals surface area contributed by atoms with Gasteiger partial charge in [0.25, 0.3) is 0 Å². The maximum atomic E-state index is 11.4. The maximum Gasteiger partial charge on any atom is 0.223 e. The fourth-order valence-corrected chi connectivity index (χ4v) is 2.32. The van der Waals surface area contributed by atoms with E-state index in [1.807, 2.05) is 31.2 Å². The molecule has 0 aliphatic carbocycles. The van der Waals surface area contributed by atoms with Gasteiger partial charge in [-0.2, -0.15) is 0 Å². The number of hydrogen-bond acceptors (Lipinski definition) is 5. The fraction of sp³-hybridized carbons (Fsp3) is 0.267. The standard InChI is InChI=1S/C15H15N3O2/c1-9-12(10(2)19)7-16-15(17-9)18-13-8-20-14-6-4-3-5-11(13)14/h3-7,13H,8H2,1-2H3,(H,16,17,18)/t13-/m0/s1. The van der Waals surface area contributed by atoms with Crippen molar-refractivity contribution >= 4 is 11.7 Å². The van der Waals surface area contributed by atoms with Crippen molar-refractivity contribution in [1.82, 2.24) is 9.97 Å². The summed E-state index contributed by atoms with van der Waals surface area (Å²) < 4.78 is 5.60. The van der Waals surface area contributed by atoms with Gasteiger partial charge < -0.3 is 10.1 Å². The average molecular weight is 269 g/mol. The summed E-state index contributed by atoms with van der Waals surface area (Å²) in [4.78, 5) is 19.9. The van der Waals surface area contributed by atoms with E-state index in [1.165, 1.54) is 6.92 Å². The summed E-state index contributed by atoms with van der Waals surface area (Å²) in [6.07, 6.45) is 1.56. The summed E-state index contributed by atoms with van der Waals surface area (Å²) in [6, 6.07) is 7.93. The summed E-state index contributed by atoms with van der Waals surface area (Å²) >= 11 is 0. The monoisotopic (exact) mass is 269 g/mol. The van der Waals surface area contributed by atoms with Crippen molar-refractivity contribution in [2.45, 2.75) is 19.9 Å². The van der Waals surface area contributed by atoms with Crippen LogP contribution >= 0.6 is 0 Å². The smallest absolute Gasteiger partial charge is 0.223 e. The predicted octanol–water partition coefficient (Wildman–Crippen LogP) is 2.53. The Morgan fingerprint density at radius 3 is 2.95 bits per heavy atom. The summed E-state index contributed by atoms with van der Waals surface area (Å²) in [7, 11) is 0. The van der Waals surface area contributed by atoms with Crippen LogP contribution in [0, 0.1) is 6.92 Å². The van der Waals surface area contributed by atoms with Gasteiger partial charge in [0.15, 0.2) is 5.78 Å². The van der Waals surface area contributed by atoms with Gasteiger partial charge in [0, 0.05) is 11.8 Å². The molecule has 1 aliphatic rings. The number of rotatable bonds is 3. The number of carbonyl (C=O) groups is 1. The third kappa shape index (κ3) is 2.22. The van der Waals surface area contributed by atoms with Gasteiger partial charge >= 0.3 is 0 Å². The number of nitrogens with zero attached hydrogens (tertiary/aromatic N) is 2. The van der Waals surface area contributed by atoms with Crippen LogP contribution in [-0.2, 0) is 0 Å². The predicted molar refractivity (Wildman–Crippen MR) is 75.1 cm³/mol. The highest BCUT2D eigenvalue weighted by atomic mass is 16.5. The van der Waals surface area contributed by atoms with Gasteiger partial charge in [-0.05, 0) is 19.9 Å². The number of ketones is 1. The molecule has 0 saturated carbocycles. The van der Waals surface area contributed by atoms with Crippen molar-refractivity contribution in [1.29, 1.82) is 0 Å². The van der Waals surface area contributed by atoms with Crippen LogP contribution in [0.3, 0.4) is 0 Å². The van der Waals surface area contributed by atoms with E-state index in [2.05, 4.69) is 15.3 Å². The second kappa shape index (κ2) is 4.92. The molecule has 5 heteroatoms. The minimum atomic E-state index is -0.0244. The first-order valence-electron chi connectivity index (χ1n) is 6.48. The Labute approximate surface area is 117 Å². The zero-order chi connectivity index (χ0) is 14.1. The lowest BCUT2D eigenvalue weighted by Gasteiger charge is -2.12. The number of ether oxygens (including phenoxy) is 1. The first kappa shape index (κ1) is 12.6. The molecule has 3 rings (SSSR count). The van der Waals surface area contributed by atoms with Gasteiger partial charge in [-0.3, -0.25) is 4.79 Å². The number of fused-ring (bicyclic) bond motifs is 1. The number of para-hydroxylation sites is 1. The molecule has 0 fully saturated rings. The number of nitrogens with one attached hydrogen (secondary N) is 1. The molecule has 0 spiro atoms. The molecule has 0 bridgehead atoms. The van der Waals surface area contributed by atoms with Gasteiger partial charge in [-0.1, -0.05) is 18.2 Å². The van der Waals surface area contributed by atoms with Crippen molar-refractivity contribution in [3.8, 4) is 5.75 Å². The highest BCUT2D eigenvalue weighted by molar-refractivity contribution is 5.94. The van der Waals surface area contributed by atoms with Gasteiger partial charge in [0.1, 0.15) is 12.4 Å². The minimum Gasteiger partial charge on any atom is -0.491 e. The van der Waals surface area contributed by atoms with Gasteiger partial charge in [0.2, 0.25) is 5.95 Å². The largest absolute Gasteiger partial charge is 0.491 e. The number of anilines is 1. The molecule has 0 saturated heterocycles. The molecule has 102 valence electrons. The van der Waals surface area contributed by atoms with Crippen LogP contribution < -0.4 is 10.1 Å². The van der Waals surface area contributed by atoms with Crippen LogP contribution in [-0.4, -0.2) is 22.4 Å². The van der Waals surface area contributed by atoms with Crippen molar-refractivity contribution in [3.63, 3.8) is 0 Å². The van der Waals surface area contributed by atoms with E-state index in [1.54, 1.807) is 6.20 Å². The second-order valence-electron chi connectivity index (χ2n) is 4.79. The fourth-order valence-electron chi connectivity index (χ4n) is 2.32. The van der Waals surface area contributed by atoms with Gasteiger partial charge in [-0.25, -0.2) is 9.97 Å². The van der Waals surface area contributed by atoms with E-state index in [4.69, 9.17) is 4.74 Å². The summed E-state index contributed by atoms with van der Waals surface area (Å²) in [5.74, 6) is 1.38. The lowest BCUT2D eigenvalue weighted by Crippen LogP contribution is -2.15. The SMILES string of the molecule is CC(=O)c1cnc(N[C@H]2COc3ccccc32)nc1C. The number of benzene rings is 1. The minimum absolute atomic E-state index is 0.0244. The third-order valence-corrected chi connectivity index (χ3v) is 3.36. The Kier molecular flexibility index (Phi) is 3.10. The van der Waals surface area contributed by atoms with E-state index in [-0.39, 0.29) is 11.8 Å². The molecule has 1 N–H and O–H groups in total. The van der Waals surface area contributed by atoms with Gasteiger partial charge in [0.05, 0.1) is 17.3 Å².